The van der Waals surface area contributed by atoms with E-state index in [-0.39, 0.29) is 0 Å². The summed E-state index contributed by atoms with van der Waals surface area (Å²) in [5, 5.41) is 9.53. The Bertz CT molecular complexity index is 5270. The Morgan fingerprint density at radius 2 is 0.614 bits per heavy atom. The molecule has 0 unspecified atom stereocenters. The summed E-state index contributed by atoms with van der Waals surface area (Å²) < 4.78 is 2.48. The SMILES string of the molecule is CC1(C)c2cc(-c3c(-c4nc(-c5ccccc5)nc(-c5ccccc5)n4)c(-c4ccccc4)c4c5ccccc5c5ccccc5c4c3-c3ccccc3)ccc2-c2ccc(-n3c4ccc(-c5ccccc5)cc4c4cc(-c5ccccc5)ccc43)cc21. The van der Waals surface area contributed by atoms with Crippen molar-refractivity contribution in [3.05, 3.63) is 314 Å². The standard InChI is InChI=1S/C84H56N4/c1-84(2)71-51-61(41-45-65(71)66-46-44-62(52-72(66)84)88-73-47-42-59(53-25-9-3-10-26-53)49-69(73)70-50-60(43-48-74(70)88)54-27-11-4-12-28-54)77-75(55-29-13-5-14-30-55)78-67-39-23-21-37-63(67)64-38-22-24-40-68(64)79(78)76(56-31-15-6-16-32-56)80(77)83-86-81(57-33-17-7-18-34-57)85-82(87-83)58-35-19-8-20-36-58/h3-52H,1-2H3. The van der Waals surface area contributed by atoms with Crippen LogP contribution in [0, 0.1) is 0 Å². The molecule has 1 aliphatic rings. The van der Waals surface area contributed by atoms with Crippen molar-refractivity contribution in [2.75, 3.05) is 0 Å². The molecule has 16 aromatic rings. The number of nitrogens with zero attached hydrogens (tertiary/aromatic N) is 4. The van der Waals surface area contributed by atoms with Gasteiger partial charge in [-0.2, -0.15) is 0 Å². The van der Waals surface area contributed by atoms with E-state index in [4.69, 9.17) is 15.0 Å². The van der Waals surface area contributed by atoms with Gasteiger partial charge in [0.1, 0.15) is 0 Å². The molecule has 17 rings (SSSR count). The van der Waals surface area contributed by atoms with Crippen LogP contribution in [-0.2, 0) is 5.41 Å². The second kappa shape index (κ2) is 20.4. The number of benzene rings is 14. The monoisotopic (exact) mass is 1120 g/mol. The number of fused-ring (bicyclic) bond motifs is 12. The second-order valence-electron chi connectivity index (χ2n) is 23.8. The molecule has 0 bridgehead atoms. The van der Waals surface area contributed by atoms with Gasteiger partial charge in [-0.3, -0.25) is 0 Å². The molecule has 14 aromatic carbocycles. The minimum absolute atomic E-state index is 0.417. The third-order valence-corrected chi connectivity index (χ3v) is 18.4. The van der Waals surface area contributed by atoms with Crippen LogP contribution in [0.2, 0.25) is 0 Å². The molecule has 0 N–H and O–H groups in total. The van der Waals surface area contributed by atoms with Crippen molar-refractivity contribution >= 4 is 54.1 Å². The molecule has 0 radical (unpaired) electrons. The Labute approximate surface area is 511 Å². The van der Waals surface area contributed by atoms with Crippen molar-refractivity contribution in [2.45, 2.75) is 19.3 Å². The summed E-state index contributed by atoms with van der Waals surface area (Å²) >= 11 is 0. The van der Waals surface area contributed by atoms with Gasteiger partial charge in [0, 0.05) is 49.7 Å². The highest BCUT2D eigenvalue weighted by Crippen LogP contribution is 2.57. The molecule has 4 heteroatoms. The molecule has 4 nitrogen and oxygen atoms in total. The summed E-state index contributed by atoms with van der Waals surface area (Å²) in [4.78, 5) is 16.7. The first kappa shape index (κ1) is 51.1. The largest absolute Gasteiger partial charge is 0.309 e. The van der Waals surface area contributed by atoms with Crippen LogP contribution in [0.25, 0.3) is 161 Å². The van der Waals surface area contributed by atoms with E-state index in [2.05, 4.69) is 310 Å². The van der Waals surface area contributed by atoms with Gasteiger partial charge < -0.3 is 4.57 Å². The summed E-state index contributed by atoms with van der Waals surface area (Å²) in [5.74, 6) is 1.82. The first-order valence-corrected chi connectivity index (χ1v) is 30.3. The van der Waals surface area contributed by atoms with Crippen LogP contribution in [0.15, 0.2) is 303 Å². The van der Waals surface area contributed by atoms with Crippen LogP contribution in [0.3, 0.4) is 0 Å². The minimum atomic E-state index is -0.417. The van der Waals surface area contributed by atoms with E-state index in [1.54, 1.807) is 0 Å². The first-order chi connectivity index (χ1) is 43.4. The molecule has 0 spiro atoms. The molecule has 0 saturated carbocycles. The van der Waals surface area contributed by atoms with Gasteiger partial charge in [0.15, 0.2) is 17.5 Å². The highest BCUT2D eigenvalue weighted by Gasteiger charge is 2.38. The summed E-state index contributed by atoms with van der Waals surface area (Å²) in [7, 11) is 0. The van der Waals surface area contributed by atoms with Crippen molar-refractivity contribution in [1.82, 2.24) is 19.5 Å². The number of hydrogen-bond acceptors (Lipinski definition) is 3. The van der Waals surface area contributed by atoms with Crippen molar-refractivity contribution in [1.29, 1.82) is 0 Å². The molecule has 0 atom stereocenters. The molecule has 0 saturated heterocycles. The van der Waals surface area contributed by atoms with E-state index in [1.807, 2.05) is 12.1 Å². The molecule has 2 aromatic heterocycles. The molecule has 0 aliphatic heterocycles. The fourth-order valence-corrected chi connectivity index (χ4v) is 14.3. The van der Waals surface area contributed by atoms with Gasteiger partial charge in [0.2, 0.25) is 0 Å². The van der Waals surface area contributed by atoms with E-state index in [0.717, 1.165) is 61.1 Å². The number of hydrogen-bond donors (Lipinski definition) is 0. The third kappa shape index (κ3) is 8.17. The quantitative estimate of drug-likeness (QED) is 0.135. The molecule has 412 valence electrons. The van der Waals surface area contributed by atoms with Crippen LogP contribution >= 0.6 is 0 Å². The van der Waals surface area contributed by atoms with Gasteiger partial charge in [-0.05, 0) is 142 Å². The van der Waals surface area contributed by atoms with Crippen LogP contribution in [0.4, 0.5) is 0 Å². The van der Waals surface area contributed by atoms with Crippen LogP contribution in [0.1, 0.15) is 25.0 Å². The highest BCUT2D eigenvalue weighted by molar-refractivity contribution is 6.35. The number of aromatic nitrogens is 4. The van der Waals surface area contributed by atoms with Gasteiger partial charge in [0.25, 0.3) is 0 Å². The Kier molecular flexibility index (Phi) is 11.9. The lowest BCUT2D eigenvalue weighted by atomic mass is 9.76. The van der Waals surface area contributed by atoms with E-state index in [0.29, 0.717) is 17.5 Å². The molecule has 88 heavy (non-hydrogen) atoms. The Morgan fingerprint density at radius 1 is 0.250 bits per heavy atom. The van der Waals surface area contributed by atoms with Crippen molar-refractivity contribution in [3.8, 4) is 107 Å². The summed E-state index contributed by atoms with van der Waals surface area (Å²) in [6, 6.07) is 110. The van der Waals surface area contributed by atoms with Crippen molar-refractivity contribution in [2.24, 2.45) is 0 Å². The molecular weight excluding hydrogens is 1060 g/mol. The van der Waals surface area contributed by atoms with E-state index in [9.17, 15) is 0 Å². The molecule has 2 heterocycles. The van der Waals surface area contributed by atoms with Gasteiger partial charge >= 0.3 is 0 Å². The molecule has 0 amide bonds. The highest BCUT2D eigenvalue weighted by atomic mass is 15.0. The van der Waals surface area contributed by atoms with Crippen molar-refractivity contribution < 1.29 is 0 Å². The minimum Gasteiger partial charge on any atom is -0.309 e. The van der Waals surface area contributed by atoms with E-state index >= 15 is 0 Å². The fraction of sp³-hybridized carbons (Fsp3) is 0.0357. The predicted octanol–water partition coefficient (Wildman–Crippen LogP) is 22.1. The van der Waals surface area contributed by atoms with Gasteiger partial charge in [-0.25, -0.2) is 15.0 Å². The van der Waals surface area contributed by atoms with E-state index < -0.39 is 5.41 Å². The summed E-state index contributed by atoms with van der Waals surface area (Å²) in [6.45, 7) is 4.82. The predicted molar refractivity (Wildman–Crippen MR) is 368 cm³/mol. The normalized spacial score (nSPS) is 12.5. The molecular formula is C84H56N4. The van der Waals surface area contributed by atoms with Gasteiger partial charge in [-0.1, -0.05) is 275 Å². The zero-order chi connectivity index (χ0) is 58.5. The zero-order valence-electron chi connectivity index (χ0n) is 48.7. The summed E-state index contributed by atoms with van der Waals surface area (Å²) in [5.41, 5.74) is 22.2. The lowest BCUT2D eigenvalue weighted by Crippen LogP contribution is -2.15. The maximum absolute atomic E-state index is 5.68. The first-order valence-electron chi connectivity index (χ1n) is 30.3. The topological polar surface area (TPSA) is 43.6 Å². The lowest BCUT2D eigenvalue weighted by molar-refractivity contribution is 0.660. The lowest BCUT2D eigenvalue weighted by Gasteiger charge is -2.27. The average Bonchev–Trinajstić information content (AvgIpc) is 0.846. The Hall–Kier alpha value is -11.3. The Balaban J connectivity index is 0.946. The van der Waals surface area contributed by atoms with Crippen LogP contribution in [-0.4, -0.2) is 19.5 Å². The van der Waals surface area contributed by atoms with E-state index in [1.165, 1.54) is 93.2 Å². The molecule has 1 aliphatic carbocycles. The second-order valence-corrected chi connectivity index (χ2v) is 23.8. The smallest absolute Gasteiger partial charge is 0.165 e. The number of rotatable bonds is 9. The third-order valence-electron chi connectivity index (χ3n) is 18.4. The zero-order valence-corrected chi connectivity index (χ0v) is 48.7. The Morgan fingerprint density at radius 3 is 1.08 bits per heavy atom. The fourth-order valence-electron chi connectivity index (χ4n) is 14.3. The average molecular weight is 1120 g/mol. The van der Waals surface area contributed by atoms with Gasteiger partial charge in [0.05, 0.1) is 11.0 Å². The maximum Gasteiger partial charge on any atom is 0.165 e. The van der Waals surface area contributed by atoms with Gasteiger partial charge in [-0.15, -0.1) is 0 Å². The van der Waals surface area contributed by atoms with Crippen LogP contribution < -0.4 is 0 Å². The summed E-state index contributed by atoms with van der Waals surface area (Å²) in [6.07, 6.45) is 0. The van der Waals surface area contributed by atoms with Crippen LogP contribution in [0.5, 0.6) is 0 Å². The molecule has 0 fully saturated rings. The maximum atomic E-state index is 5.68. The van der Waals surface area contributed by atoms with Crippen molar-refractivity contribution in [3.63, 3.8) is 0 Å².